The van der Waals surface area contributed by atoms with Crippen LogP contribution in [0, 0.1) is 13.8 Å². The molecule has 1 nitrogen and oxygen atoms in total. The monoisotopic (exact) mass is 245 g/mol. The molecule has 0 aliphatic rings. The lowest BCUT2D eigenvalue weighted by Crippen LogP contribution is -2.12. The second-order valence-corrected chi connectivity index (χ2v) is 6.70. The largest absolute Gasteiger partial charge is 0.265 e. The molecule has 2 rings (SSSR count). The molecule has 2 aromatic heterocycles. The topological polar surface area (TPSA) is 12.9 Å². The van der Waals surface area contributed by atoms with Crippen molar-refractivity contribution in [2.75, 3.05) is 0 Å². The molecule has 0 bridgehead atoms. The van der Waals surface area contributed by atoms with E-state index >= 15 is 0 Å². The molecule has 0 aromatic carbocycles. The van der Waals surface area contributed by atoms with Crippen LogP contribution < -0.4 is 0 Å². The minimum Gasteiger partial charge on any atom is -0.265 e. The number of rotatable bonds is 1. The van der Waals surface area contributed by atoms with Crippen molar-refractivity contribution in [2.45, 2.75) is 40.0 Å². The van der Waals surface area contributed by atoms with E-state index in [1.165, 1.54) is 26.4 Å². The van der Waals surface area contributed by atoms with Gasteiger partial charge in [-0.15, -0.1) is 11.3 Å². The molecule has 0 aliphatic carbocycles. The van der Waals surface area contributed by atoms with E-state index in [0.29, 0.717) is 0 Å². The molecular weight excluding hydrogens is 226 g/mol. The highest BCUT2D eigenvalue weighted by Crippen LogP contribution is 2.41. The van der Waals surface area contributed by atoms with Crippen LogP contribution in [0.15, 0.2) is 24.5 Å². The van der Waals surface area contributed by atoms with E-state index in [1.54, 1.807) is 0 Å². The Balaban J connectivity index is 2.60. The first-order valence-corrected chi connectivity index (χ1v) is 6.74. The third-order valence-electron chi connectivity index (χ3n) is 3.02. The van der Waals surface area contributed by atoms with Crippen LogP contribution >= 0.6 is 11.3 Å². The zero-order chi connectivity index (χ0) is 12.6. The van der Waals surface area contributed by atoms with Crippen molar-refractivity contribution in [3.8, 4) is 10.4 Å². The van der Waals surface area contributed by atoms with E-state index in [4.69, 9.17) is 0 Å². The number of aromatic nitrogens is 1. The average molecular weight is 245 g/mol. The third kappa shape index (κ3) is 2.27. The Bertz CT molecular complexity index is 518. The zero-order valence-corrected chi connectivity index (χ0v) is 12.0. The maximum Gasteiger partial charge on any atom is 0.0378 e. The molecule has 2 aromatic rings. The number of nitrogens with zero attached hydrogens (tertiary/aromatic N) is 1. The Morgan fingerprint density at radius 3 is 2.12 bits per heavy atom. The normalized spacial score (nSPS) is 11.8. The van der Waals surface area contributed by atoms with E-state index in [1.807, 2.05) is 23.7 Å². The van der Waals surface area contributed by atoms with Gasteiger partial charge in [-0.3, -0.25) is 4.98 Å². The molecule has 2 heterocycles. The highest BCUT2D eigenvalue weighted by Gasteiger charge is 2.23. The van der Waals surface area contributed by atoms with Crippen LogP contribution in [0.4, 0.5) is 0 Å². The first kappa shape index (κ1) is 12.3. The summed E-state index contributed by atoms with van der Waals surface area (Å²) in [5, 5.41) is 0. The van der Waals surface area contributed by atoms with Crippen LogP contribution in [0.2, 0.25) is 0 Å². The summed E-state index contributed by atoms with van der Waals surface area (Å²) < 4.78 is 0. The van der Waals surface area contributed by atoms with Crippen molar-refractivity contribution < 1.29 is 0 Å². The van der Waals surface area contributed by atoms with E-state index in [0.717, 1.165) is 0 Å². The summed E-state index contributed by atoms with van der Waals surface area (Å²) in [6.45, 7) is 11.3. The van der Waals surface area contributed by atoms with Gasteiger partial charge in [-0.1, -0.05) is 20.8 Å². The molecule has 0 radical (unpaired) electrons. The molecular formula is C15H19NS. The molecule has 0 spiro atoms. The van der Waals surface area contributed by atoms with Crippen LogP contribution in [0.5, 0.6) is 0 Å². The predicted octanol–water partition coefficient (Wildman–Crippen LogP) is 4.72. The molecule has 0 atom stereocenters. The minimum absolute atomic E-state index is 0.218. The van der Waals surface area contributed by atoms with Gasteiger partial charge in [-0.25, -0.2) is 0 Å². The second kappa shape index (κ2) is 4.26. The van der Waals surface area contributed by atoms with Gasteiger partial charge < -0.3 is 0 Å². The first-order valence-electron chi connectivity index (χ1n) is 5.92. The summed E-state index contributed by atoms with van der Waals surface area (Å²) in [6, 6.07) is 4.18. The van der Waals surface area contributed by atoms with Crippen LogP contribution in [0.3, 0.4) is 0 Å². The Morgan fingerprint density at radius 2 is 1.65 bits per heavy atom. The minimum atomic E-state index is 0.218. The molecule has 0 saturated heterocycles. The fourth-order valence-corrected chi connectivity index (χ4v) is 3.90. The number of aryl methyl sites for hydroxylation is 1. The number of hydrogen-bond acceptors (Lipinski definition) is 2. The zero-order valence-electron chi connectivity index (χ0n) is 11.2. The summed E-state index contributed by atoms with van der Waals surface area (Å²) in [6.07, 6.45) is 3.72. The molecule has 0 unspecified atom stereocenters. The van der Waals surface area contributed by atoms with Gasteiger partial charge in [-0.05, 0) is 48.1 Å². The molecule has 0 amide bonds. The molecule has 90 valence electrons. The lowest BCUT2D eigenvalue weighted by atomic mass is 9.84. The van der Waals surface area contributed by atoms with Gasteiger partial charge >= 0.3 is 0 Å². The summed E-state index contributed by atoms with van der Waals surface area (Å²) in [4.78, 5) is 6.90. The predicted molar refractivity (Wildman–Crippen MR) is 75.7 cm³/mol. The second-order valence-electron chi connectivity index (χ2n) is 5.47. The Morgan fingerprint density at radius 1 is 1.06 bits per heavy atom. The van der Waals surface area contributed by atoms with Gasteiger partial charge in [0.1, 0.15) is 0 Å². The SMILES string of the molecule is Cc1sc(-c2ccncc2)c(C)c1C(C)(C)C. The van der Waals surface area contributed by atoms with E-state index in [2.05, 4.69) is 51.7 Å². The van der Waals surface area contributed by atoms with Gasteiger partial charge in [0.15, 0.2) is 0 Å². The van der Waals surface area contributed by atoms with Crippen molar-refractivity contribution in [2.24, 2.45) is 0 Å². The molecule has 2 heteroatoms. The average Bonchev–Trinajstić information content (AvgIpc) is 2.54. The van der Waals surface area contributed by atoms with E-state index < -0.39 is 0 Å². The van der Waals surface area contributed by atoms with Crippen LogP contribution in [0.25, 0.3) is 10.4 Å². The standard InChI is InChI=1S/C15H19NS/c1-10-13(15(3,4)5)11(2)17-14(10)12-6-8-16-9-7-12/h6-9H,1-5H3. The molecule has 17 heavy (non-hydrogen) atoms. The third-order valence-corrected chi connectivity index (χ3v) is 4.27. The van der Waals surface area contributed by atoms with Crippen molar-refractivity contribution in [1.82, 2.24) is 4.98 Å². The van der Waals surface area contributed by atoms with E-state index in [9.17, 15) is 0 Å². The molecule has 0 fully saturated rings. The first-order chi connectivity index (χ1) is 7.91. The lowest BCUT2D eigenvalue weighted by Gasteiger charge is -2.20. The van der Waals surface area contributed by atoms with Crippen molar-refractivity contribution in [3.63, 3.8) is 0 Å². The summed E-state index contributed by atoms with van der Waals surface area (Å²) in [5.74, 6) is 0. The number of pyridine rings is 1. The van der Waals surface area contributed by atoms with Crippen molar-refractivity contribution in [3.05, 3.63) is 40.5 Å². The number of thiophene rings is 1. The fourth-order valence-electron chi connectivity index (χ4n) is 2.53. The Kier molecular flexibility index (Phi) is 3.09. The Labute approximate surface area is 108 Å². The van der Waals surface area contributed by atoms with Gasteiger partial charge in [-0.2, -0.15) is 0 Å². The molecule has 0 N–H and O–H groups in total. The van der Waals surface area contributed by atoms with E-state index in [-0.39, 0.29) is 5.41 Å². The summed E-state index contributed by atoms with van der Waals surface area (Å²) >= 11 is 1.89. The van der Waals surface area contributed by atoms with Crippen LogP contribution in [-0.2, 0) is 5.41 Å². The Hall–Kier alpha value is -1.15. The maximum atomic E-state index is 4.08. The summed E-state index contributed by atoms with van der Waals surface area (Å²) in [5.41, 5.74) is 4.41. The fraction of sp³-hybridized carbons (Fsp3) is 0.400. The highest BCUT2D eigenvalue weighted by atomic mass is 32.1. The summed E-state index contributed by atoms with van der Waals surface area (Å²) in [7, 11) is 0. The van der Waals surface area contributed by atoms with Crippen LogP contribution in [-0.4, -0.2) is 4.98 Å². The highest BCUT2D eigenvalue weighted by molar-refractivity contribution is 7.15. The van der Waals surface area contributed by atoms with Gasteiger partial charge in [0.25, 0.3) is 0 Å². The number of hydrogen-bond donors (Lipinski definition) is 0. The van der Waals surface area contributed by atoms with Gasteiger partial charge in [0.2, 0.25) is 0 Å². The van der Waals surface area contributed by atoms with Crippen molar-refractivity contribution in [1.29, 1.82) is 0 Å². The lowest BCUT2D eigenvalue weighted by molar-refractivity contribution is 0.585. The quantitative estimate of drug-likeness (QED) is 0.708. The van der Waals surface area contributed by atoms with Gasteiger partial charge in [0, 0.05) is 22.1 Å². The van der Waals surface area contributed by atoms with Crippen LogP contribution in [0.1, 0.15) is 36.8 Å². The molecule has 0 aliphatic heterocycles. The maximum absolute atomic E-state index is 4.08. The van der Waals surface area contributed by atoms with Gasteiger partial charge in [0.05, 0.1) is 0 Å². The molecule has 0 saturated carbocycles. The van der Waals surface area contributed by atoms with Crippen molar-refractivity contribution >= 4 is 11.3 Å². The smallest absolute Gasteiger partial charge is 0.0378 e.